The molecule has 0 bridgehead atoms. The van der Waals surface area contributed by atoms with E-state index < -0.39 is 0 Å². The van der Waals surface area contributed by atoms with Gasteiger partial charge in [-0.1, -0.05) is 22.0 Å². The summed E-state index contributed by atoms with van der Waals surface area (Å²) in [4.78, 5) is 11.4. The van der Waals surface area contributed by atoms with Gasteiger partial charge in [-0.3, -0.25) is 4.79 Å². The van der Waals surface area contributed by atoms with Crippen molar-refractivity contribution >= 4 is 27.5 Å². The molecule has 0 saturated carbocycles. The van der Waals surface area contributed by atoms with Crippen molar-refractivity contribution < 1.29 is 4.79 Å². The first-order valence-electron chi connectivity index (χ1n) is 4.90. The molecule has 0 aliphatic carbocycles. The van der Waals surface area contributed by atoms with Crippen LogP contribution >= 0.6 is 15.9 Å². The zero-order chi connectivity index (χ0) is 12.3. The maximum atomic E-state index is 11.4. The summed E-state index contributed by atoms with van der Waals surface area (Å²) in [6.45, 7) is 5.88. The fourth-order valence-electron chi connectivity index (χ4n) is 1.61. The van der Waals surface area contributed by atoms with Crippen LogP contribution in [0.4, 0.5) is 5.69 Å². The summed E-state index contributed by atoms with van der Waals surface area (Å²) in [6.07, 6.45) is -0.121. The van der Waals surface area contributed by atoms with E-state index in [0.29, 0.717) is 0 Å². The largest absolute Gasteiger partial charge is 0.325 e. The highest BCUT2D eigenvalue weighted by Gasteiger charge is 2.11. The van der Waals surface area contributed by atoms with Crippen molar-refractivity contribution in [2.75, 3.05) is 5.32 Å². The van der Waals surface area contributed by atoms with Crippen molar-refractivity contribution in [1.29, 1.82) is 5.26 Å². The molecule has 1 aromatic rings. The lowest BCUT2D eigenvalue weighted by atomic mass is 10.0. The summed E-state index contributed by atoms with van der Waals surface area (Å²) >= 11 is 3.48. The van der Waals surface area contributed by atoms with Crippen molar-refractivity contribution in [3.63, 3.8) is 0 Å². The van der Waals surface area contributed by atoms with E-state index in [1.807, 2.05) is 32.9 Å². The fraction of sp³-hybridized carbons (Fsp3) is 0.333. The monoisotopic (exact) mass is 280 g/mol. The Morgan fingerprint density at radius 2 is 2.06 bits per heavy atom. The molecule has 4 heteroatoms. The summed E-state index contributed by atoms with van der Waals surface area (Å²) in [6, 6.07) is 3.83. The molecule has 16 heavy (non-hydrogen) atoms. The number of nitrogens with zero attached hydrogens (tertiary/aromatic N) is 1. The molecule has 0 unspecified atom stereocenters. The highest BCUT2D eigenvalue weighted by atomic mass is 79.9. The van der Waals surface area contributed by atoms with Gasteiger partial charge in [-0.05, 0) is 37.5 Å². The SMILES string of the molecule is Cc1cc(C)c(NC(=O)CC#N)c(C)c1Br. The number of nitrogens with one attached hydrogen (secondary N) is 1. The van der Waals surface area contributed by atoms with Crippen LogP contribution in [0.1, 0.15) is 23.1 Å². The fourth-order valence-corrected chi connectivity index (χ4v) is 1.92. The van der Waals surface area contributed by atoms with Crippen LogP contribution < -0.4 is 5.32 Å². The molecule has 0 fully saturated rings. The van der Waals surface area contributed by atoms with Crippen LogP contribution in [-0.2, 0) is 4.79 Å². The Balaban J connectivity index is 3.11. The van der Waals surface area contributed by atoms with Crippen LogP contribution in [0, 0.1) is 32.1 Å². The van der Waals surface area contributed by atoms with E-state index in [1.165, 1.54) is 0 Å². The highest BCUT2D eigenvalue weighted by molar-refractivity contribution is 9.10. The van der Waals surface area contributed by atoms with Crippen LogP contribution in [0.25, 0.3) is 0 Å². The van der Waals surface area contributed by atoms with Crippen molar-refractivity contribution in [2.45, 2.75) is 27.2 Å². The Hall–Kier alpha value is -1.34. The lowest BCUT2D eigenvalue weighted by molar-refractivity contribution is -0.115. The second kappa shape index (κ2) is 5.13. The number of rotatable bonds is 2. The van der Waals surface area contributed by atoms with Crippen LogP contribution in [0.5, 0.6) is 0 Å². The standard InChI is InChI=1S/C12H13BrN2O/c1-7-6-8(2)12(9(3)11(7)13)15-10(16)4-5-14/h6H,4H2,1-3H3,(H,15,16). The first kappa shape index (κ1) is 12.7. The quantitative estimate of drug-likeness (QED) is 0.904. The predicted octanol–water partition coefficient (Wildman–Crippen LogP) is 3.23. The summed E-state index contributed by atoms with van der Waals surface area (Å²) in [5, 5.41) is 11.2. The number of benzene rings is 1. The van der Waals surface area contributed by atoms with Crippen LogP contribution in [-0.4, -0.2) is 5.91 Å². The molecule has 3 nitrogen and oxygen atoms in total. The van der Waals surface area contributed by atoms with Crippen LogP contribution in [0.3, 0.4) is 0 Å². The summed E-state index contributed by atoms with van der Waals surface area (Å²) in [5.41, 5.74) is 3.92. The third-order valence-electron chi connectivity index (χ3n) is 2.38. The maximum absolute atomic E-state index is 11.4. The Morgan fingerprint density at radius 1 is 1.44 bits per heavy atom. The smallest absolute Gasteiger partial charge is 0.238 e. The molecule has 0 radical (unpaired) electrons. The zero-order valence-electron chi connectivity index (χ0n) is 9.52. The molecule has 0 heterocycles. The molecule has 1 aromatic carbocycles. The molecule has 0 aromatic heterocycles. The first-order chi connectivity index (χ1) is 7.47. The lowest BCUT2D eigenvalue weighted by Crippen LogP contribution is -2.12. The van der Waals surface area contributed by atoms with Crippen molar-refractivity contribution in [1.82, 2.24) is 0 Å². The van der Waals surface area contributed by atoms with Gasteiger partial charge in [0, 0.05) is 10.2 Å². The molecule has 1 rings (SSSR count). The average Bonchev–Trinajstić information content (AvgIpc) is 2.22. The number of amides is 1. The number of aryl methyl sites for hydroxylation is 2. The van der Waals surface area contributed by atoms with E-state index in [1.54, 1.807) is 0 Å². The highest BCUT2D eigenvalue weighted by Crippen LogP contribution is 2.30. The van der Waals surface area contributed by atoms with Gasteiger partial charge in [-0.15, -0.1) is 0 Å². The maximum Gasteiger partial charge on any atom is 0.238 e. The van der Waals surface area contributed by atoms with Crippen molar-refractivity contribution in [2.24, 2.45) is 0 Å². The van der Waals surface area contributed by atoms with Crippen LogP contribution in [0.2, 0.25) is 0 Å². The number of nitriles is 1. The third-order valence-corrected chi connectivity index (χ3v) is 3.60. The van der Waals surface area contributed by atoms with E-state index in [0.717, 1.165) is 26.9 Å². The minimum Gasteiger partial charge on any atom is -0.325 e. The number of hydrogen-bond donors (Lipinski definition) is 1. The molecule has 0 spiro atoms. The van der Waals surface area contributed by atoms with Gasteiger partial charge in [0.25, 0.3) is 0 Å². The Labute approximate surface area is 104 Å². The normalized spacial score (nSPS) is 9.69. The van der Waals surface area contributed by atoms with Gasteiger partial charge in [0.15, 0.2) is 0 Å². The minimum atomic E-state index is -0.274. The van der Waals surface area contributed by atoms with Gasteiger partial charge >= 0.3 is 0 Å². The van der Waals surface area contributed by atoms with Gasteiger partial charge in [0.05, 0.1) is 6.07 Å². The molecular weight excluding hydrogens is 268 g/mol. The van der Waals surface area contributed by atoms with E-state index >= 15 is 0 Å². The number of carbonyl (C=O) groups excluding carboxylic acids is 1. The third kappa shape index (κ3) is 2.61. The number of anilines is 1. The van der Waals surface area contributed by atoms with E-state index in [-0.39, 0.29) is 12.3 Å². The topological polar surface area (TPSA) is 52.9 Å². The van der Waals surface area contributed by atoms with Gasteiger partial charge in [-0.2, -0.15) is 5.26 Å². The Bertz CT molecular complexity index is 475. The Morgan fingerprint density at radius 3 is 2.62 bits per heavy atom. The Kier molecular flexibility index (Phi) is 4.08. The zero-order valence-corrected chi connectivity index (χ0v) is 11.1. The molecule has 0 aliphatic heterocycles. The van der Waals surface area contributed by atoms with E-state index in [9.17, 15) is 4.79 Å². The van der Waals surface area contributed by atoms with Gasteiger partial charge in [0.2, 0.25) is 5.91 Å². The molecule has 0 atom stereocenters. The molecule has 1 N–H and O–H groups in total. The van der Waals surface area contributed by atoms with Gasteiger partial charge in [0.1, 0.15) is 6.42 Å². The average molecular weight is 281 g/mol. The van der Waals surface area contributed by atoms with Gasteiger partial charge < -0.3 is 5.32 Å². The molecule has 0 aliphatic rings. The molecular formula is C12H13BrN2O. The number of carbonyl (C=O) groups is 1. The first-order valence-corrected chi connectivity index (χ1v) is 5.69. The predicted molar refractivity (Wildman–Crippen MR) is 67.2 cm³/mol. The molecule has 84 valence electrons. The van der Waals surface area contributed by atoms with E-state index in [2.05, 4.69) is 21.2 Å². The van der Waals surface area contributed by atoms with Gasteiger partial charge in [-0.25, -0.2) is 0 Å². The second-order valence-electron chi connectivity index (χ2n) is 3.71. The molecule has 0 saturated heterocycles. The summed E-state index contributed by atoms with van der Waals surface area (Å²) < 4.78 is 0.991. The number of halogens is 1. The van der Waals surface area contributed by atoms with E-state index in [4.69, 9.17) is 5.26 Å². The number of hydrogen-bond acceptors (Lipinski definition) is 2. The second-order valence-corrected chi connectivity index (χ2v) is 4.50. The van der Waals surface area contributed by atoms with Crippen molar-refractivity contribution in [3.8, 4) is 6.07 Å². The van der Waals surface area contributed by atoms with Crippen LogP contribution in [0.15, 0.2) is 10.5 Å². The van der Waals surface area contributed by atoms with Crippen molar-refractivity contribution in [3.05, 3.63) is 27.2 Å². The summed E-state index contributed by atoms with van der Waals surface area (Å²) in [7, 11) is 0. The lowest BCUT2D eigenvalue weighted by Gasteiger charge is -2.14. The molecule has 1 amide bonds. The summed E-state index contributed by atoms with van der Waals surface area (Å²) in [5.74, 6) is -0.274. The minimum absolute atomic E-state index is 0.121.